The van der Waals surface area contributed by atoms with Gasteiger partial charge in [-0.2, -0.15) is 0 Å². The normalized spacial score (nSPS) is 17.0. The Balaban J connectivity index is 4.47. The Morgan fingerprint density at radius 1 is 1.38 bits per heavy atom. The molecule has 80 valence electrons. The Labute approximate surface area is 87.3 Å². The number of halogens is 1. The molecule has 0 rings (SSSR count). The van der Waals surface area contributed by atoms with Crippen molar-refractivity contribution in [1.82, 2.24) is 0 Å². The highest BCUT2D eigenvalue weighted by molar-refractivity contribution is 9.10. The molecule has 0 fully saturated rings. The zero-order valence-electron chi connectivity index (χ0n) is 8.07. The van der Waals surface area contributed by atoms with E-state index in [4.69, 9.17) is 9.05 Å². The molecule has 0 aliphatic carbocycles. The van der Waals surface area contributed by atoms with Crippen LogP contribution in [0.5, 0.6) is 0 Å². The third-order valence-corrected chi connectivity index (χ3v) is 5.86. The first-order valence-corrected chi connectivity index (χ1v) is 6.71. The monoisotopic (exact) mass is 274 g/mol. The van der Waals surface area contributed by atoms with Gasteiger partial charge in [0, 0.05) is 0 Å². The van der Waals surface area contributed by atoms with Gasteiger partial charge in [-0.3, -0.25) is 4.57 Å². The molecule has 0 saturated carbocycles. The predicted molar refractivity (Wildman–Crippen MR) is 55.3 cm³/mol. The summed E-state index contributed by atoms with van der Waals surface area (Å²) in [5.74, 6) is 0. The molecule has 1 N–H and O–H groups in total. The first kappa shape index (κ1) is 13.6. The minimum atomic E-state index is -3.20. The predicted octanol–water partition coefficient (Wildman–Crippen LogP) is 2.35. The van der Waals surface area contributed by atoms with Crippen molar-refractivity contribution in [1.29, 1.82) is 0 Å². The molecular formula is C7H16BrO4P. The van der Waals surface area contributed by atoms with Gasteiger partial charge < -0.3 is 14.2 Å². The van der Waals surface area contributed by atoms with Crippen molar-refractivity contribution in [2.75, 3.05) is 13.2 Å². The largest absolute Gasteiger partial charge is 0.392 e. The van der Waals surface area contributed by atoms with E-state index in [1.54, 1.807) is 13.8 Å². The molecule has 0 spiro atoms. The molecule has 2 unspecified atom stereocenters. The molecule has 0 aromatic rings. The van der Waals surface area contributed by atoms with E-state index in [1.807, 2.05) is 0 Å². The van der Waals surface area contributed by atoms with Crippen LogP contribution < -0.4 is 0 Å². The molecule has 0 heterocycles. The second kappa shape index (κ2) is 6.14. The smallest absolute Gasteiger partial charge is 0.346 e. The zero-order valence-corrected chi connectivity index (χ0v) is 10.5. The lowest BCUT2D eigenvalue weighted by Gasteiger charge is -2.23. The van der Waals surface area contributed by atoms with Crippen LogP contribution in [0.4, 0.5) is 0 Å². The standard InChI is InChI=1S/C7H16BrO4P/c1-4-11-13(10,12-5-2)7(8)6(3)9/h6-7,9H,4-5H2,1-3H3. The molecule has 0 bridgehead atoms. The topological polar surface area (TPSA) is 55.8 Å². The molecule has 2 atom stereocenters. The molecule has 6 heteroatoms. The van der Waals surface area contributed by atoms with Crippen LogP contribution in [0, 0.1) is 0 Å². The van der Waals surface area contributed by atoms with Crippen LogP contribution >= 0.6 is 23.5 Å². The van der Waals surface area contributed by atoms with E-state index < -0.39 is 18.3 Å². The summed E-state index contributed by atoms with van der Waals surface area (Å²) in [7, 11) is -3.20. The van der Waals surface area contributed by atoms with E-state index in [2.05, 4.69) is 15.9 Å². The second-order valence-electron chi connectivity index (χ2n) is 2.49. The number of hydrogen-bond donors (Lipinski definition) is 1. The van der Waals surface area contributed by atoms with E-state index in [-0.39, 0.29) is 0 Å². The highest BCUT2D eigenvalue weighted by Gasteiger charge is 2.36. The van der Waals surface area contributed by atoms with Crippen molar-refractivity contribution in [3.05, 3.63) is 0 Å². The van der Waals surface area contributed by atoms with Gasteiger partial charge >= 0.3 is 7.60 Å². The Morgan fingerprint density at radius 2 is 1.77 bits per heavy atom. The van der Waals surface area contributed by atoms with Crippen molar-refractivity contribution in [3.8, 4) is 0 Å². The maximum Gasteiger partial charge on any atom is 0.346 e. The SMILES string of the molecule is CCOP(=O)(OCC)C(Br)C(C)O. The van der Waals surface area contributed by atoms with Gasteiger partial charge in [-0.05, 0) is 20.8 Å². The van der Waals surface area contributed by atoms with Crippen molar-refractivity contribution < 1.29 is 18.7 Å². The Hall–Kier alpha value is 0.590. The Bertz CT molecular complexity index is 175. The van der Waals surface area contributed by atoms with Crippen LogP contribution in [0.3, 0.4) is 0 Å². The van der Waals surface area contributed by atoms with Gasteiger partial charge in [0.25, 0.3) is 0 Å². The van der Waals surface area contributed by atoms with Crippen LogP contribution in [0.2, 0.25) is 0 Å². The fraction of sp³-hybridized carbons (Fsp3) is 1.00. The van der Waals surface area contributed by atoms with E-state index in [1.165, 1.54) is 6.92 Å². The maximum absolute atomic E-state index is 11.9. The summed E-state index contributed by atoms with van der Waals surface area (Å²) in [6, 6.07) is 0. The van der Waals surface area contributed by atoms with Crippen molar-refractivity contribution in [2.24, 2.45) is 0 Å². The van der Waals surface area contributed by atoms with Gasteiger partial charge in [-0.15, -0.1) is 0 Å². The summed E-state index contributed by atoms with van der Waals surface area (Å²) in [6.07, 6.45) is -0.774. The minimum Gasteiger partial charge on any atom is -0.392 e. The number of alkyl halides is 1. The third kappa shape index (κ3) is 4.09. The van der Waals surface area contributed by atoms with Gasteiger partial charge in [0.15, 0.2) is 0 Å². The first-order chi connectivity index (χ1) is 5.98. The molecular weight excluding hydrogens is 259 g/mol. The van der Waals surface area contributed by atoms with Gasteiger partial charge in [0.2, 0.25) is 0 Å². The van der Waals surface area contributed by atoms with Crippen molar-refractivity contribution >= 4 is 23.5 Å². The lowest BCUT2D eigenvalue weighted by atomic mass is 10.5. The molecule has 0 radical (unpaired) electrons. The van der Waals surface area contributed by atoms with Gasteiger partial charge in [0.1, 0.15) is 4.57 Å². The molecule has 13 heavy (non-hydrogen) atoms. The van der Waals surface area contributed by atoms with Crippen molar-refractivity contribution in [2.45, 2.75) is 31.4 Å². The summed E-state index contributed by atoms with van der Waals surface area (Å²) in [4.78, 5) is 0. The van der Waals surface area contributed by atoms with Gasteiger partial charge in [0.05, 0.1) is 19.3 Å². The lowest BCUT2D eigenvalue weighted by molar-refractivity contribution is 0.174. The number of aliphatic hydroxyl groups is 1. The summed E-state index contributed by atoms with van der Waals surface area (Å²) >= 11 is 3.10. The molecule has 0 saturated heterocycles. The van der Waals surface area contributed by atoms with E-state index in [0.717, 1.165) is 0 Å². The van der Waals surface area contributed by atoms with Gasteiger partial charge in [-0.25, -0.2) is 0 Å². The molecule has 0 aromatic heterocycles. The van der Waals surface area contributed by atoms with Crippen LogP contribution in [0.1, 0.15) is 20.8 Å². The summed E-state index contributed by atoms with van der Waals surface area (Å²) in [5.41, 5.74) is 0. The Morgan fingerprint density at radius 3 is 2.00 bits per heavy atom. The van der Waals surface area contributed by atoms with E-state index >= 15 is 0 Å². The average molecular weight is 275 g/mol. The fourth-order valence-electron chi connectivity index (χ4n) is 0.804. The van der Waals surface area contributed by atoms with Crippen LogP contribution in [-0.2, 0) is 13.6 Å². The molecule has 4 nitrogen and oxygen atoms in total. The fourth-order valence-corrected chi connectivity index (χ4v) is 3.12. The minimum absolute atomic E-state index is 0.298. The number of aliphatic hydroxyl groups excluding tert-OH is 1. The van der Waals surface area contributed by atoms with Crippen LogP contribution in [0.15, 0.2) is 0 Å². The summed E-state index contributed by atoms with van der Waals surface area (Å²) in [5, 5.41) is 9.23. The second-order valence-corrected chi connectivity index (χ2v) is 6.34. The number of rotatable bonds is 6. The van der Waals surface area contributed by atoms with Crippen LogP contribution in [0.25, 0.3) is 0 Å². The van der Waals surface area contributed by atoms with Gasteiger partial charge in [-0.1, -0.05) is 15.9 Å². The molecule has 0 aliphatic rings. The third-order valence-electron chi connectivity index (χ3n) is 1.32. The summed E-state index contributed by atoms with van der Waals surface area (Å²) in [6.45, 7) is 5.59. The van der Waals surface area contributed by atoms with E-state index in [9.17, 15) is 9.67 Å². The lowest BCUT2D eigenvalue weighted by Crippen LogP contribution is -2.19. The highest BCUT2D eigenvalue weighted by atomic mass is 79.9. The quantitative estimate of drug-likeness (QED) is 0.597. The summed E-state index contributed by atoms with van der Waals surface area (Å²) < 4.78 is 21.3. The zero-order chi connectivity index (χ0) is 10.5. The molecule has 0 aromatic carbocycles. The average Bonchev–Trinajstić information content (AvgIpc) is 2.03. The molecule has 0 amide bonds. The first-order valence-electron chi connectivity index (χ1n) is 4.18. The van der Waals surface area contributed by atoms with E-state index in [0.29, 0.717) is 13.2 Å². The molecule has 0 aliphatic heterocycles. The number of hydrogen-bond acceptors (Lipinski definition) is 4. The highest BCUT2D eigenvalue weighted by Crippen LogP contribution is 2.56. The van der Waals surface area contributed by atoms with Crippen molar-refractivity contribution in [3.63, 3.8) is 0 Å². The maximum atomic E-state index is 11.9. The Kier molecular flexibility index (Phi) is 6.42. The van der Waals surface area contributed by atoms with Crippen LogP contribution in [-0.4, -0.2) is 29.0 Å².